The second kappa shape index (κ2) is 6.78. The smallest absolute Gasteiger partial charge is 0.0940 e. The molecule has 15 heavy (non-hydrogen) atoms. The van der Waals surface area contributed by atoms with Crippen LogP contribution in [-0.4, -0.2) is 43.3 Å². The van der Waals surface area contributed by atoms with Crippen molar-refractivity contribution in [2.75, 3.05) is 26.2 Å². The molecule has 86 valence electrons. The van der Waals surface area contributed by atoms with Gasteiger partial charge in [0.05, 0.1) is 18.2 Å². The molecule has 0 aromatic rings. The first kappa shape index (κ1) is 12.4. The molecule has 1 heterocycles. The van der Waals surface area contributed by atoms with Crippen LogP contribution in [0.3, 0.4) is 0 Å². The Bertz CT molecular complexity index is 208. The van der Waals surface area contributed by atoms with E-state index in [1.807, 2.05) is 0 Å². The summed E-state index contributed by atoms with van der Waals surface area (Å²) in [7, 11) is 0. The van der Waals surface area contributed by atoms with E-state index in [9.17, 15) is 0 Å². The summed E-state index contributed by atoms with van der Waals surface area (Å²) in [6, 6.07) is 1.73. The number of hydrogen-bond acceptors (Lipinski definition) is 4. The summed E-state index contributed by atoms with van der Waals surface area (Å²) in [5.74, 6) is 0. The average Bonchev–Trinajstić information content (AvgIpc) is 2.76. The highest BCUT2D eigenvalue weighted by atomic mass is 16.5. The zero-order chi connectivity index (χ0) is 11.1. The summed E-state index contributed by atoms with van der Waals surface area (Å²) in [6.07, 6.45) is 3.49. The van der Waals surface area contributed by atoms with Crippen molar-refractivity contribution in [3.63, 3.8) is 0 Å². The Morgan fingerprint density at radius 2 is 2.47 bits per heavy atom. The molecule has 0 radical (unpaired) electrons. The Labute approximate surface area is 92.0 Å². The first-order valence-corrected chi connectivity index (χ1v) is 5.75. The molecule has 1 saturated heterocycles. The standard InChI is InChI=1S/C11H21N3O/c1-2-14(6-5-10(13)8-12)9-11-4-3-7-15-11/h10-11H,2-7,9,13H2,1H3. The van der Waals surface area contributed by atoms with Gasteiger partial charge in [-0.05, 0) is 25.8 Å². The highest BCUT2D eigenvalue weighted by Gasteiger charge is 2.18. The first-order chi connectivity index (χ1) is 7.26. The zero-order valence-corrected chi connectivity index (χ0v) is 9.48. The number of likely N-dealkylation sites (N-methyl/N-ethyl adjacent to an activating group) is 1. The van der Waals surface area contributed by atoms with Crippen molar-refractivity contribution in [2.24, 2.45) is 5.73 Å². The molecule has 4 heteroatoms. The maximum absolute atomic E-state index is 8.59. The van der Waals surface area contributed by atoms with Crippen LogP contribution in [0.15, 0.2) is 0 Å². The summed E-state index contributed by atoms with van der Waals surface area (Å²) in [4.78, 5) is 2.31. The summed E-state index contributed by atoms with van der Waals surface area (Å²) in [5, 5.41) is 8.59. The molecule has 1 rings (SSSR count). The Hall–Kier alpha value is -0.630. The molecule has 1 aliphatic rings. The number of nitrogens with two attached hydrogens (primary N) is 1. The Morgan fingerprint density at radius 1 is 1.67 bits per heavy atom. The molecule has 4 nitrogen and oxygen atoms in total. The topological polar surface area (TPSA) is 62.3 Å². The Morgan fingerprint density at radius 3 is 3.00 bits per heavy atom. The second-order valence-corrected chi connectivity index (χ2v) is 4.05. The zero-order valence-electron chi connectivity index (χ0n) is 9.48. The second-order valence-electron chi connectivity index (χ2n) is 4.05. The van der Waals surface area contributed by atoms with Gasteiger partial charge in [-0.1, -0.05) is 6.92 Å². The monoisotopic (exact) mass is 211 g/mol. The van der Waals surface area contributed by atoms with Crippen molar-refractivity contribution >= 4 is 0 Å². The lowest BCUT2D eigenvalue weighted by Crippen LogP contribution is -2.35. The third kappa shape index (κ3) is 4.61. The van der Waals surface area contributed by atoms with Crippen LogP contribution in [0.1, 0.15) is 26.2 Å². The van der Waals surface area contributed by atoms with Crippen molar-refractivity contribution < 1.29 is 4.74 Å². The highest BCUT2D eigenvalue weighted by molar-refractivity contribution is 4.87. The van der Waals surface area contributed by atoms with Crippen molar-refractivity contribution in [2.45, 2.75) is 38.3 Å². The fourth-order valence-electron chi connectivity index (χ4n) is 1.84. The lowest BCUT2D eigenvalue weighted by molar-refractivity contribution is 0.0742. The molecule has 0 aromatic heterocycles. The van der Waals surface area contributed by atoms with Gasteiger partial charge in [-0.25, -0.2) is 0 Å². The SMILES string of the molecule is CCN(CCC(N)C#N)CC1CCCO1. The van der Waals surface area contributed by atoms with E-state index in [4.69, 9.17) is 15.7 Å². The van der Waals surface area contributed by atoms with Gasteiger partial charge in [-0.3, -0.25) is 0 Å². The Kier molecular flexibility index (Phi) is 5.62. The minimum Gasteiger partial charge on any atom is -0.377 e. The van der Waals surface area contributed by atoms with Crippen LogP contribution in [0, 0.1) is 11.3 Å². The van der Waals surface area contributed by atoms with Gasteiger partial charge in [0.15, 0.2) is 0 Å². The predicted molar refractivity (Wildman–Crippen MR) is 59.3 cm³/mol. The molecule has 2 unspecified atom stereocenters. The van der Waals surface area contributed by atoms with Crippen LogP contribution < -0.4 is 5.73 Å². The quantitative estimate of drug-likeness (QED) is 0.703. The fraction of sp³-hybridized carbons (Fsp3) is 0.909. The van der Waals surface area contributed by atoms with E-state index in [2.05, 4.69) is 17.9 Å². The van der Waals surface area contributed by atoms with Crippen LogP contribution >= 0.6 is 0 Å². The molecule has 2 atom stereocenters. The van der Waals surface area contributed by atoms with Crippen molar-refractivity contribution in [3.05, 3.63) is 0 Å². The lowest BCUT2D eigenvalue weighted by Gasteiger charge is -2.23. The van der Waals surface area contributed by atoms with Gasteiger partial charge >= 0.3 is 0 Å². The molecule has 0 saturated carbocycles. The Balaban J connectivity index is 2.20. The van der Waals surface area contributed by atoms with Crippen LogP contribution in [0.25, 0.3) is 0 Å². The number of hydrogen-bond donors (Lipinski definition) is 1. The van der Waals surface area contributed by atoms with Gasteiger partial charge in [-0.2, -0.15) is 5.26 Å². The van der Waals surface area contributed by atoms with Gasteiger partial charge in [-0.15, -0.1) is 0 Å². The summed E-state index contributed by atoms with van der Waals surface area (Å²) < 4.78 is 5.58. The minimum absolute atomic E-state index is 0.330. The van der Waals surface area contributed by atoms with E-state index in [0.717, 1.165) is 32.7 Å². The average molecular weight is 211 g/mol. The predicted octanol–water partition coefficient (Wildman–Crippen LogP) is 0.728. The number of nitriles is 1. The first-order valence-electron chi connectivity index (χ1n) is 5.75. The van der Waals surface area contributed by atoms with Crippen LogP contribution in [0.4, 0.5) is 0 Å². The molecule has 0 aliphatic carbocycles. The molecular formula is C11H21N3O. The van der Waals surface area contributed by atoms with E-state index < -0.39 is 0 Å². The van der Waals surface area contributed by atoms with Crippen molar-refractivity contribution in [1.29, 1.82) is 5.26 Å². The molecule has 1 aliphatic heterocycles. The van der Waals surface area contributed by atoms with Gasteiger partial charge in [0.2, 0.25) is 0 Å². The van der Waals surface area contributed by atoms with Gasteiger partial charge in [0, 0.05) is 19.7 Å². The number of ether oxygens (including phenoxy) is 1. The third-order valence-corrected chi connectivity index (χ3v) is 2.86. The minimum atomic E-state index is -0.330. The van der Waals surface area contributed by atoms with Crippen LogP contribution in [0.5, 0.6) is 0 Å². The van der Waals surface area contributed by atoms with Crippen molar-refractivity contribution in [1.82, 2.24) is 4.90 Å². The van der Waals surface area contributed by atoms with Gasteiger partial charge in [0.25, 0.3) is 0 Å². The van der Waals surface area contributed by atoms with E-state index >= 15 is 0 Å². The summed E-state index contributed by atoms with van der Waals surface area (Å²) in [6.45, 7) is 5.91. The lowest BCUT2D eigenvalue weighted by atomic mass is 10.2. The molecule has 0 amide bonds. The van der Waals surface area contributed by atoms with Crippen LogP contribution in [0.2, 0.25) is 0 Å². The van der Waals surface area contributed by atoms with Gasteiger partial charge < -0.3 is 15.4 Å². The largest absolute Gasteiger partial charge is 0.377 e. The highest BCUT2D eigenvalue weighted by Crippen LogP contribution is 2.13. The summed E-state index contributed by atoms with van der Waals surface area (Å²) in [5.41, 5.74) is 5.57. The summed E-state index contributed by atoms with van der Waals surface area (Å²) >= 11 is 0. The number of rotatable bonds is 6. The maximum atomic E-state index is 8.59. The molecule has 1 fully saturated rings. The third-order valence-electron chi connectivity index (χ3n) is 2.86. The van der Waals surface area contributed by atoms with Gasteiger partial charge in [0.1, 0.15) is 0 Å². The van der Waals surface area contributed by atoms with E-state index in [1.165, 1.54) is 12.8 Å². The molecule has 0 aromatic carbocycles. The molecule has 2 N–H and O–H groups in total. The van der Waals surface area contributed by atoms with E-state index in [-0.39, 0.29) is 6.04 Å². The van der Waals surface area contributed by atoms with E-state index in [1.54, 1.807) is 0 Å². The van der Waals surface area contributed by atoms with Crippen molar-refractivity contribution in [3.8, 4) is 6.07 Å². The maximum Gasteiger partial charge on any atom is 0.0940 e. The normalized spacial score (nSPS) is 22.9. The molecular weight excluding hydrogens is 190 g/mol. The number of nitrogens with zero attached hydrogens (tertiary/aromatic N) is 2. The molecule has 0 bridgehead atoms. The van der Waals surface area contributed by atoms with Crippen LogP contribution in [-0.2, 0) is 4.74 Å². The van der Waals surface area contributed by atoms with E-state index in [0.29, 0.717) is 6.10 Å². The molecule has 0 spiro atoms. The fourth-order valence-corrected chi connectivity index (χ4v) is 1.84.